The van der Waals surface area contributed by atoms with E-state index in [1.165, 1.54) is 0 Å². The minimum atomic E-state index is -0.384. The summed E-state index contributed by atoms with van der Waals surface area (Å²) in [7, 11) is 0. The average molecular weight is 259 g/mol. The number of hydrogen-bond donors (Lipinski definition) is 1. The van der Waals surface area contributed by atoms with Gasteiger partial charge < -0.3 is 14.8 Å². The van der Waals surface area contributed by atoms with Gasteiger partial charge in [0.1, 0.15) is 5.60 Å². The van der Waals surface area contributed by atoms with E-state index in [2.05, 4.69) is 5.32 Å². The van der Waals surface area contributed by atoms with E-state index >= 15 is 0 Å². The number of rotatable bonds is 9. The molecule has 0 aromatic carbocycles. The van der Waals surface area contributed by atoms with Crippen LogP contribution >= 0.6 is 0 Å². The molecule has 108 valence electrons. The molecule has 0 rings (SSSR count). The van der Waals surface area contributed by atoms with Gasteiger partial charge in [-0.15, -0.1) is 0 Å². The molecule has 4 heteroatoms. The normalized spacial score (nSPS) is 11.9. The zero-order chi connectivity index (χ0) is 14.0. The van der Waals surface area contributed by atoms with Crippen LogP contribution in [0.5, 0.6) is 0 Å². The van der Waals surface area contributed by atoms with Crippen LogP contribution in [0.25, 0.3) is 0 Å². The smallest absolute Gasteiger partial charge is 0.307 e. The van der Waals surface area contributed by atoms with E-state index in [1.807, 2.05) is 34.6 Å². The Kier molecular flexibility index (Phi) is 9.02. The summed E-state index contributed by atoms with van der Waals surface area (Å²) in [5.41, 5.74) is -0.384. The van der Waals surface area contributed by atoms with E-state index in [1.54, 1.807) is 0 Å². The highest BCUT2D eigenvalue weighted by molar-refractivity contribution is 5.70. The van der Waals surface area contributed by atoms with Crippen molar-refractivity contribution in [3.8, 4) is 0 Å². The Labute approximate surface area is 111 Å². The minimum Gasteiger partial charge on any atom is -0.460 e. The van der Waals surface area contributed by atoms with Crippen molar-refractivity contribution < 1.29 is 14.3 Å². The molecule has 0 aromatic heterocycles. The second kappa shape index (κ2) is 9.34. The summed E-state index contributed by atoms with van der Waals surface area (Å²) in [5.74, 6) is -0.141. The maximum atomic E-state index is 11.4. The molecule has 0 aromatic rings. The molecule has 0 unspecified atom stereocenters. The van der Waals surface area contributed by atoms with Crippen molar-refractivity contribution in [1.82, 2.24) is 5.32 Å². The third kappa shape index (κ3) is 13.5. The van der Waals surface area contributed by atoms with Gasteiger partial charge >= 0.3 is 5.97 Å². The second-order valence-corrected chi connectivity index (χ2v) is 5.71. The molecular formula is C14H29NO3. The number of esters is 1. The molecule has 0 amide bonds. The summed E-state index contributed by atoms with van der Waals surface area (Å²) in [5, 5.41) is 3.23. The molecule has 18 heavy (non-hydrogen) atoms. The van der Waals surface area contributed by atoms with E-state index in [0.717, 1.165) is 26.0 Å². The van der Waals surface area contributed by atoms with Crippen LogP contribution in [0.2, 0.25) is 0 Å². The van der Waals surface area contributed by atoms with Crippen molar-refractivity contribution in [2.24, 2.45) is 0 Å². The second-order valence-electron chi connectivity index (χ2n) is 5.71. The van der Waals surface area contributed by atoms with Gasteiger partial charge in [-0.05, 0) is 54.0 Å². The van der Waals surface area contributed by atoms with Crippen LogP contribution in [0.3, 0.4) is 0 Å². The van der Waals surface area contributed by atoms with Crippen LogP contribution in [0.15, 0.2) is 0 Å². The molecule has 0 radical (unpaired) electrons. The van der Waals surface area contributed by atoms with Crippen LogP contribution in [-0.2, 0) is 14.3 Å². The van der Waals surface area contributed by atoms with E-state index < -0.39 is 0 Å². The first kappa shape index (κ1) is 17.4. The van der Waals surface area contributed by atoms with Gasteiger partial charge in [0.15, 0.2) is 0 Å². The van der Waals surface area contributed by atoms with Gasteiger partial charge in [-0.3, -0.25) is 4.79 Å². The van der Waals surface area contributed by atoms with Gasteiger partial charge in [-0.25, -0.2) is 0 Å². The summed E-state index contributed by atoms with van der Waals surface area (Å²) < 4.78 is 10.6. The van der Waals surface area contributed by atoms with Crippen LogP contribution < -0.4 is 5.32 Å². The van der Waals surface area contributed by atoms with E-state index in [9.17, 15) is 4.79 Å². The van der Waals surface area contributed by atoms with Gasteiger partial charge in [0.05, 0.1) is 12.5 Å². The van der Waals surface area contributed by atoms with Crippen LogP contribution in [0.4, 0.5) is 0 Å². The summed E-state index contributed by atoms with van der Waals surface area (Å²) >= 11 is 0. The predicted octanol–water partition coefficient (Wildman–Crippen LogP) is 2.51. The molecule has 0 aliphatic rings. The number of ether oxygens (including phenoxy) is 2. The minimum absolute atomic E-state index is 0.141. The standard InChI is InChI=1S/C14H29NO3/c1-12(2)17-11-7-6-9-15-10-8-13(16)18-14(3,4)5/h12,15H,6-11H2,1-5H3. The summed E-state index contributed by atoms with van der Waals surface area (Å²) in [6.07, 6.45) is 2.86. The third-order valence-electron chi connectivity index (χ3n) is 2.12. The highest BCUT2D eigenvalue weighted by atomic mass is 16.6. The fraction of sp³-hybridized carbons (Fsp3) is 0.929. The maximum Gasteiger partial charge on any atom is 0.307 e. The largest absolute Gasteiger partial charge is 0.460 e. The van der Waals surface area contributed by atoms with Crippen molar-refractivity contribution in [3.63, 3.8) is 0 Å². The summed E-state index contributed by atoms with van der Waals surface area (Å²) in [6.45, 7) is 12.1. The Morgan fingerprint density at radius 1 is 1.17 bits per heavy atom. The van der Waals surface area contributed by atoms with Crippen molar-refractivity contribution in [2.75, 3.05) is 19.7 Å². The topological polar surface area (TPSA) is 47.6 Å². The first-order valence-corrected chi connectivity index (χ1v) is 6.85. The Hall–Kier alpha value is -0.610. The van der Waals surface area contributed by atoms with E-state index in [4.69, 9.17) is 9.47 Å². The van der Waals surface area contributed by atoms with Crippen LogP contribution in [0, 0.1) is 0 Å². The number of unbranched alkanes of at least 4 members (excludes halogenated alkanes) is 1. The third-order valence-corrected chi connectivity index (χ3v) is 2.12. The first-order chi connectivity index (χ1) is 8.31. The van der Waals surface area contributed by atoms with Gasteiger partial charge in [0.2, 0.25) is 0 Å². The monoisotopic (exact) mass is 259 g/mol. The summed E-state index contributed by atoms with van der Waals surface area (Å²) in [6, 6.07) is 0. The van der Waals surface area contributed by atoms with Gasteiger partial charge in [0.25, 0.3) is 0 Å². The number of carbonyl (C=O) groups is 1. The maximum absolute atomic E-state index is 11.4. The Bertz CT molecular complexity index is 222. The highest BCUT2D eigenvalue weighted by Crippen LogP contribution is 2.07. The number of nitrogens with one attached hydrogen (secondary N) is 1. The molecule has 0 bridgehead atoms. The fourth-order valence-electron chi connectivity index (χ4n) is 1.38. The zero-order valence-electron chi connectivity index (χ0n) is 12.5. The van der Waals surface area contributed by atoms with E-state index in [-0.39, 0.29) is 11.6 Å². The zero-order valence-corrected chi connectivity index (χ0v) is 12.5. The average Bonchev–Trinajstić information content (AvgIpc) is 2.18. The van der Waals surface area contributed by atoms with Gasteiger partial charge in [-0.1, -0.05) is 0 Å². The number of hydrogen-bond acceptors (Lipinski definition) is 4. The lowest BCUT2D eigenvalue weighted by atomic mass is 10.2. The van der Waals surface area contributed by atoms with Crippen molar-refractivity contribution in [1.29, 1.82) is 0 Å². The first-order valence-electron chi connectivity index (χ1n) is 6.85. The van der Waals surface area contributed by atoms with Gasteiger partial charge in [-0.2, -0.15) is 0 Å². The molecule has 0 aliphatic carbocycles. The lowest BCUT2D eigenvalue weighted by Crippen LogP contribution is -2.27. The van der Waals surface area contributed by atoms with Crippen molar-refractivity contribution in [2.45, 2.75) is 65.6 Å². The van der Waals surface area contributed by atoms with Crippen molar-refractivity contribution >= 4 is 5.97 Å². The molecule has 0 aliphatic heterocycles. The summed E-state index contributed by atoms with van der Waals surface area (Å²) in [4.78, 5) is 11.4. The Morgan fingerprint density at radius 3 is 2.39 bits per heavy atom. The van der Waals surface area contributed by atoms with E-state index in [0.29, 0.717) is 19.1 Å². The molecule has 0 fully saturated rings. The molecule has 0 saturated carbocycles. The SMILES string of the molecule is CC(C)OCCCCNCCC(=O)OC(C)(C)C. The molecule has 1 N–H and O–H groups in total. The van der Waals surface area contributed by atoms with Crippen LogP contribution in [-0.4, -0.2) is 37.4 Å². The van der Waals surface area contributed by atoms with Crippen LogP contribution in [0.1, 0.15) is 53.9 Å². The highest BCUT2D eigenvalue weighted by Gasteiger charge is 2.15. The molecule has 0 spiro atoms. The Morgan fingerprint density at radius 2 is 1.83 bits per heavy atom. The molecular weight excluding hydrogens is 230 g/mol. The molecule has 0 atom stereocenters. The Balaban J connectivity index is 3.28. The fourth-order valence-corrected chi connectivity index (χ4v) is 1.38. The lowest BCUT2D eigenvalue weighted by molar-refractivity contribution is -0.154. The van der Waals surface area contributed by atoms with Gasteiger partial charge in [0, 0.05) is 13.2 Å². The molecule has 0 saturated heterocycles. The lowest BCUT2D eigenvalue weighted by Gasteiger charge is -2.19. The predicted molar refractivity (Wildman–Crippen MR) is 73.7 cm³/mol. The quantitative estimate of drug-likeness (QED) is 0.510. The van der Waals surface area contributed by atoms with Crippen molar-refractivity contribution in [3.05, 3.63) is 0 Å². The number of carbonyl (C=O) groups excluding carboxylic acids is 1. The molecule has 0 heterocycles. The molecule has 4 nitrogen and oxygen atoms in total.